The number of thioether (sulfide) groups is 2. The van der Waals surface area contributed by atoms with Crippen LogP contribution in [0.1, 0.15) is 0 Å². The number of thiocarbonyl (C=S) groups is 1. The van der Waals surface area contributed by atoms with Crippen molar-refractivity contribution in [3.63, 3.8) is 0 Å². The maximum absolute atomic E-state index is 12.5. The lowest BCUT2D eigenvalue weighted by Crippen LogP contribution is -1.79. The highest BCUT2D eigenvalue weighted by atomic mass is 32.2. The van der Waals surface area contributed by atoms with Gasteiger partial charge in [-0.25, -0.2) is 4.39 Å². The average molecular weight is 218 g/mol. The Hall–Kier alpha value is -0.0600. The maximum Gasteiger partial charge on any atom is 0.123 e. The molecule has 1 aromatic rings. The molecule has 0 bridgehead atoms. The average Bonchev–Trinajstić information content (AvgIpc) is 2.09. The van der Waals surface area contributed by atoms with Crippen molar-refractivity contribution in [3.05, 3.63) is 30.1 Å². The van der Waals surface area contributed by atoms with E-state index < -0.39 is 0 Å². The van der Waals surface area contributed by atoms with E-state index in [-0.39, 0.29) is 5.82 Å². The molecule has 0 heterocycles. The van der Waals surface area contributed by atoms with Crippen LogP contribution in [0.15, 0.2) is 29.2 Å². The minimum absolute atomic E-state index is 0.214. The molecule has 0 saturated heterocycles. The highest BCUT2D eigenvalue weighted by Crippen LogP contribution is 2.24. The van der Waals surface area contributed by atoms with Gasteiger partial charge in [-0.05, 0) is 30.5 Å². The van der Waals surface area contributed by atoms with Gasteiger partial charge < -0.3 is 0 Å². The largest absolute Gasteiger partial charge is 0.207 e. The van der Waals surface area contributed by atoms with E-state index >= 15 is 0 Å². The third-order valence-corrected chi connectivity index (χ3v) is 3.69. The molecule has 12 heavy (non-hydrogen) atoms. The van der Waals surface area contributed by atoms with Gasteiger partial charge in [-0.15, -0.1) is 11.8 Å². The Morgan fingerprint density at radius 2 is 1.92 bits per heavy atom. The van der Waals surface area contributed by atoms with Gasteiger partial charge in [0.05, 0.1) is 0 Å². The number of benzene rings is 1. The predicted molar refractivity (Wildman–Crippen MR) is 58.4 cm³/mol. The number of hydrogen-bond acceptors (Lipinski definition) is 3. The van der Waals surface area contributed by atoms with Crippen molar-refractivity contribution < 1.29 is 4.39 Å². The molecule has 64 valence electrons. The second-order valence-corrected chi connectivity index (χ2v) is 5.09. The molecule has 0 aliphatic carbocycles. The molecule has 1 aromatic carbocycles. The first-order chi connectivity index (χ1) is 5.72. The summed E-state index contributed by atoms with van der Waals surface area (Å²) in [4.78, 5) is 0.982. The second kappa shape index (κ2) is 4.84. The van der Waals surface area contributed by atoms with Crippen LogP contribution in [0.3, 0.4) is 0 Å². The molecule has 0 aromatic heterocycles. The summed E-state index contributed by atoms with van der Waals surface area (Å²) < 4.78 is 13.3. The van der Waals surface area contributed by atoms with Gasteiger partial charge in [0, 0.05) is 4.90 Å². The van der Waals surface area contributed by atoms with Crippen molar-refractivity contribution in [1.29, 1.82) is 0 Å². The van der Waals surface area contributed by atoms with E-state index in [0.717, 1.165) is 8.42 Å². The SMILES string of the molecule is CSC(=S)Sc1ccc(F)cc1. The fourth-order valence-electron chi connectivity index (χ4n) is 0.641. The lowest BCUT2D eigenvalue weighted by atomic mass is 10.4. The standard InChI is InChI=1S/C8H7FS3/c1-11-8(10)12-7-4-2-6(9)3-5-7/h2-5H,1H3. The zero-order chi connectivity index (χ0) is 8.97. The maximum atomic E-state index is 12.5. The van der Waals surface area contributed by atoms with Gasteiger partial charge in [0.15, 0.2) is 0 Å². The molecule has 0 nitrogen and oxygen atoms in total. The molecular weight excluding hydrogens is 211 g/mol. The molecule has 0 amide bonds. The van der Waals surface area contributed by atoms with Gasteiger partial charge in [-0.2, -0.15) is 0 Å². The normalized spacial score (nSPS) is 9.83. The number of halogens is 1. The van der Waals surface area contributed by atoms with Crippen molar-refractivity contribution in [1.82, 2.24) is 0 Å². The molecule has 0 unspecified atom stereocenters. The lowest BCUT2D eigenvalue weighted by molar-refractivity contribution is 0.626. The molecular formula is C8H7FS3. The van der Waals surface area contributed by atoms with Crippen molar-refractivity contribution in [3.8, 4) is 0 Å². The van der Waals surface area contributed by atoms with Crippen LogP contribution in [0.25, 0.3) is 0 Å². The van der Waals surface area contributed by atoms with Crippen LogP contribution in [0.2, 0.25) is 0 Å². The van der Waals surface area contributed by atoms with Crippen LogP contribution >= 0.6 is 35.7 Å². The van der Waals surface area contributed by atoms with E-state index in [4.69, 9.17) is 12.2 Å². The highest BCUT2D eigenvalue weighted by molar-refractivity contribution is 8.47. The summed E-state index contributed by atoms with van der Waals surface area (Å²) in [6.45, 7) is 0. The Morgan fingerprint density at radius 3 is 2.42 bits per heavy atom. The van der Waals surface area contributed by atoms with Crippen LogP contribution in [0.5, 0.6) is 0 Å². The first kappa shape index (κ1) is 10.0. The van der Waals surface area contributed by atoms with Crippen molar-refractivity contribution >= 4 is 39.3 Å². The third kappa shape index (κ3) is 3.13. The van der Waals surface area contributed by atoms with Crippen LogP contribution in [0.4, 0.5) is 4.39 Å². The van der Waals surface area contributed by atoms with Crippen molar-refractivity contribution in [2.24, 2.45) is 0 Å². The van der Waals surface area contributed by atoms with E-state index in [1.165, 1.54) is 35.7 Å². The molecule has 0 fully saturated rings. The molecule has 0 atom stereocenters. The van der Waals surface area contributed by atoms with E-state index in [0.29, 0.717) is 0 Å². The predicted octanol–water partition coefficient (Wildman–Crippen LogP) is 3.57. The zero-order valence-corrected chi connectivity index (χ0v) is 8.86. The Morgan fingerprint density at radius 1 is 1.33 bits per heavy atom. The van der Waals surface area contributed by atoms with E-state index in [1.54, 1.807) is 12.1 Å². The first-order valence-corrected chi connectivity index (χ1v) is 5.68. The van der Waals surface area contributed by atoms with E-state index in [1.807, 2.05) is 6.26 Å². The summed E-state index contributed by atoms with van der Waals surface area (Å²) in [5.74, 6) is -0.214. The molecule has 0 radical (unpaired) electrons. The lowest BCUT2D eigenvalue weighted by Gasteiger charge is -1.98. The highest BCUT2D eigenvalue weighted by Gasteiger charge is 1.98. The van der Waals surface area contributed by atoms with Gasteiger partial charge in [-0.1, -0.05) is 24.0 Å². The van der Waals surface area contributed by atoms with E-state index in [9.17, 15) is 4.39 Å². The quantitative estimate of drug-likeness (QED) is 0.522. The van der Waals surface area contributed by atoms with E-state index in [2.05, 4.69) is 0 Å². The Kier molecular flexibility index (Phi) is 4.05. The van der Waals surface area contributed by atoms with Gasteiger partial charge in [0.25, 0.3) is 0 Å². The molecule has 4 heteroatoms. The summed E-state index contributed by atoms with van der Waals surface area (Å²) in [6.07, 6.45) is 1.93. The number of hydrogen-bond donors (Lipinski definition) is 0. The zero-order valence-electron chi connectivity index (χ0n) is 6.41. The number of rotatable bonds is 1. The minimum Gasteiger partial charge on any atom is -0.207 e. The van der Waals surface area contributed by atoms with Crippen LogP contribution in [0, 0.1) is 5.82 Å². The summed E-state index contributed by atoms with van der Waals surface area (Å²) in [7, 11) is 0. The topological polar surface area (TPSA) is 0 Å². The fourth-order valence-corrected chi connectivity index (χ4v) is 2.02. The molecule has 0 N–H and O–H groups in total. The summed E-state index contributed by atoms with van der Waals surface area (Å²) in [5, 5.41) is 0. The molecule has 1 rings (SSSR count). The van der Waals surface area contributed by atoms with Crippen LogP contribution in [-0.2, 0) is 0 Å². The van der Waals surface area contributed by atoms with Crippen LogP contribution < -0.4 is 0 Å². The monoisotopic (exact) mass is 218 g/mol. The molecule has 0 spiro atoms. The minimum atomic E-state index is -0.214. The summed E-state index contributed by atoms with van der Waals surface area (Å²) in [6, 6.07) is 6.32. The van der Waals surface area contributed by atoms with Gasteiger partial charge in [0.1, 0.15) is 9.35 Å². The smallest absolute Gasteiger partial charge is 0.123 e. The van der Waals surface area contributed by atoms with Crippen LogP contribution in [-0.4, -0.2) is 9.78 Å². The molecule has 0 saturated carbocycles. The van der Waals surface area contributed by atoms with Gasteiger partial charge in [-0.3, -0.25) is 0 Å². The second-order valence-electron chi connectivity index (χ2n) is 2.01. The van der Waals surface area contributed by atoms with Crippen molar-refractivity contribution in [2.75, 3.05) is 6.26 Å². The third-order valence-electron chi connectivity index (χ3n) is 1.18. The summed E-state index contributed by atoms with van der Waals surface area (Å²) in [5.41, 5.74) is 0. The Balaban J connectivity index is 2.64. The fraction of sp³-hybridized carbons (Fsp3) is 0.125. The Labute approximate surface area is 84.9 Å². The summed E-state index contributed by atoms with van der Waals surface area (Å²) >= 11 is 8.01. The Bertz CT molecular complexity index is 268. The molecule has 0 aliphatic rings. The first-order valence-electron chi connectivity index (χ1n) is 3.24. The van der Waals surface area contributed by atoms with Gasteiger partial charge in [0.2, 0.25) is 0 Å². The van der Waals surface area contributed by atoms with Gasteiger partial charge >= 0.3 is 0 Å². The molecule has 0 aliphatic heterocycles. The van der Waals surface area contributed by atoms with Crippen molar-refractivity contribution in [2.45, 2.75) is 4.90 Å².